The van der Waals surface area contributed by atoms with E-state index >= 15 is 0 Å². The molecule has 3 heteroatoms. The van der Waals surface area contributed by atoms with Crippen LogP contribution in [0.25, 0.3) is 0 Å². The molecule has 144 valence electrons. The molecule has 0 radical (unpaired) electrons. The van der Waals surface area contributed by atoms with Crippen LogP contribution >= 0.6 is 0 Å². The van der Waals surface area contributed by atoms with Crippen molar-refractivity contribution in [1.82, 2.24) is 0 Å². The van der Waals surface area contributed by atoms with Crippen molar-refractivity contribution < 1.29 is 36.4 Å². The largest absolute Gasteiger partial charge is 4.00 e. The third-order valence-electron chi connectivity index (χ3n) is 4.42. The first-order chi connectivity index (χ1) is 12.4. The maximum absolute atomic E-state index is 9.33. The van der Waals surface area contributed by atoms with Gasteiger partial charge >= 0.3 is 26.2 Å². The van der Waals surface area contributed by atoms with E-state index in [0.717, 1.165) is 11.8 Å². The fourth-order valence-electron chi connectivity index (χ4n) is 3.33. The topological polar surface area (TPSA) is 46.1 Å². The standard InChI is InChI=1S/2C9H11.2C3H6O.Zr/c2*1-2-5-9-7-3-6-8(9)4-1;2*1-3(2)4;/h2*1-2,4,6,9H,3,5,7H2;2*4H,1H2,2H3;/q2*-1;;;+4/p-2. The Bertz CT molecular complexity index is 521. The monoisotopic (exact) mass is 442 g/mol. The van der Waals surface area contributed by atoms with Gasteiger partial charge in [-0.25, -0.2) is 36.1 Å². The molecule has 0 saturated heterocycles. The quantitative estimate of drug-likeness (QED) is 0.401. The zero-order chi connectivity index (χ0) is 19.4. The number of hydrogen-bond acceptors (Lipinski definition) is 2. The van der Waals surface area contributed by atoms with Crippen molar-refractivity contribution in [3.05, 3.63) is 85.1 Å². The van der Waals surface area contributed by atoms with Crippen LogP contribution < -0.4 is 10.2 Å². The van der Waals surface area contributed by atoms with E-state index in [2.05, 4.69) is 62.5 Å². The minimum atomic E-state index is -0.0833. The molecule has 2 fully saturated rings. The molecule has 2 nitrogen and oxygen atoms in total. The van der Waals surface area contributed by atoms with Crippen LogP contribution in [0.3, 0.4) is 0 Å². The van der Waals surface area contributed by atoms with Gasteiger partial charge in [0.25, 0.3) is 0 Å². The van der Waals surface area contributed by atoms with Crippen LogP contribution in [0.15, 0.2) is 72.3 Å². The average Bonchev–Trinajstić information content (AvgIpc) is 3.23. The van der Waals surface area contributed by atoms with E-state index in [4.69, 9.17) is 0 Å². The summed E-state index contributed by atoms with van der Waals surface area (Å²) in [5.41, 5.74) is 3.16. The molecule has 2 atom stereocenters. The van der Waals surface area contributed by atoms with Crippen molar-refractivity contribution in [2.75, 3.05) is 0 Å². The smallest absolute Gasteiger partial charge is 0.876 e. The summed E-state index contributed by atoms with van der Waals surface area (Å²) >= 11 is 0. The van der Waals surface area contributed by atoms with Gasteiger partial charge in [0.15, 0.2) is 0 Å². The van der Waals surface area contributed by atoms with Gasteiger partial charge in [0.2, 0.25) is 0 Å². The molecule has 0 bridgehead atoms. The van der Waals surface area contributed by atoms with Crippen LogP contribution in [0.4, 0.5) is 0 Å². The Balaban J connectivity index is 0.000000357. The van der Waals surface area contributed by atoms with Crippen molar-refractivity contribution in [3.8, 4) is 0 Å². The summed E-state index contributed by atoms with van der Waals surface area (Å²) in [6.07, 6.45) is 26.1. The minimum absolute atomic E-state index is 0. The number of fused-ring (bicyclic) bond motifs is 2. The van der Waals surface area contributed by atoms with Crippen molar-refractivity contribution in [2.24, 2.45) is 11.8 Å². The molecule has 0 aromatic carbocycles. The van der Waals surface area contributed by atoms with Gasteiger partial charge < -0.3 is 10.2 Å². The maximum atomic E-state index is 9.33. The Hall–Kier alpha value is -1.34. The second-order valence-corrected chi connectivity index (χ2v) is 7.02. The molecule has 2 unspecified atom stereocenters. The van der Waals surface area contributed by atoms with Crippen LogP contribution in [0.2, 0.25) is 0 Å². The summed E-state index contributed by atoms with van der Waals surface area (Å²) < 4.78 is 0. The number of allylic oxidation sites excluding steroid dienone is 10. The molecular weight excluding hydrogens is 411 g/mol. The molecule has 2 saturated carbocycles. The Morgan fingerprint density at radius 2 is 1.19 bits per heavy atom. The van der Waals surface area contributed by atoms with Gasteiger partial charge in [0.05, 0.1) is 0 Å². The second kappa shape index (κ2) is 14.7. The maximum Gasteiger partial charge on any atom is 4.00 e. The molecule has 0 heterocycles. The van der Waals surface area contributed by atoms with E-state index in [-0.39, 0.29) is 37.7 Å². The average molecular weight is 444 g/mol. The Labute approximate surface area is 185 Å². The van der Waals surface area contributed by atoms with Crippen LogP contribution in [0.1, 0.15) is 52.4 Å². The van der Waals surface area contributed by atoms with Crippen LogP contribution in [0, 0.1) is 24.7 Å². The summed E-state index contributed by atoms with van der Waals surface area (Å²) in [7, 11) is 0. The van der Waals surface area contributed by atoms with Gasteiger partial charge in [-0.2, -0.15) is 0 Å². The fraction of sp³-hybridized carbons (Fsp3) is 0.417. The zero-order valence-electron chi connectivity index (χ0n) is 16.7. The SMILES string of the molecule is C1=CCC2CC[CH-]C2=C1.C1=CCC2CC[CH-]C2=C1.C=C(C)[O-].C=C(C)[O-].[Zr+4]. The van der Waals surface area contributed by atoms with Crippen LogP contribution in [-0.2, 0) is 26.2 Å². The molecule has 27 heavy (non-hydrogen) atoms. The van der Waals surface area contributed by atoms with E-state index in [1.54, 1.807) is 11.1 Å². The Kier molecular flexibility index (Phi) is 14.0. The second-order valence-electron chi connectivity index (χ2n) is 7.02. The van der Waals surface area contributed by atoms with Gasteiger partial charge in [-0.05, 0) is 24.7 Å². The summed E-state index contributed by atoms with van der Waals surface area (Å²) in [5.74, 6) is 1.60. The Morgan fingerprint density at radius 3 is 1.48 bits per heavy atom. The van der Waals surface area contributed by atoms with Crippen LogP contribution in [-0.4, -0.2) is 0 Å². The minimum Gasteiger partial charge on any atom is -0.876 e. The van der Waals surface area contributed by atoms with E-state index in [0.29, 0.717) is 0 Å². The summed E-state index contributed by atoms with van der Waals surface area (Å²) in [5, 5.41) is 18.7. The van der Waals surface area contributed by atoms with Gasteiger partial charge in [-0.1, -0.05) is 26.7 Å². The molecule has 0 spiro atoms. The first kappa shape index (κ1) is 25.7. The molecule has 0 N–H and O–H groups in total. The normalized spacial score (nSPS) is 22.6. The van der Waals surface area contributed by atoms with E-state index in [9.17, 15) is 10.2 Å². The van der Waals surface area contributed by atoms with E-state index < -0.39 is 0 Å². The molecular formula is C24H32O2Zr. The molecule has 0 aromatic rings. The van der Waals surface area contributed by atoms with Crippen molar-refractivity contribution in [1.29, 1.82) is 0 Å². The van der Waals surface area contributed by atoms with Gasteiger partial charge in [-0.15, -0.1) is 61.8 Å². The third-order valence-corrected chi connectivity index (χ3v) is 4.42. The third kappa shape index (κ3) is 11.9. The van der Waals surface area contributed by atoms with Crippen molar-refractivity contribution in [3.63, 3.8) is 0 Å². The fourth-order valence-corrected chi connectivity index (χ4v) is 3.33. The summed E-state index contributed by atoms with van der Waals surface area (Å²) in [6, 6.07) is 0. The summed E-state index contributed by atoms with van der Waals surface area (Å²) in [4.78, 5) is 0. The Morgan fingerprint density at radius 1 is 0.852 bits per heavy atom. The molecule has 4 aliphatic carbocycles. The molecule has 4 aliphatic rings. The predicted octanol–water partition coefficient (Wildman–Crippen LogP) is 4.73. The van der Waals surface area contributed by atoms with Crippen molar-refractivity contribution >= 4 is 0 Å². The number of hydrogen-bond donors (Lipinski definition) is 0. The predicted molar refractivity (Wildman–Crippen MR) is 107 cm³/mol. The van der Waals surface area contributed by atoms with Gasteiger partial charge in [0.1, 0.15) is 0 Å². The number of rotatable bonds is 0. The zero-order valence-corrected chi connectivity index (χ0v) is 19.2. The molecule has 4 rings (SSSR count). The summed E-state index contributed by atoms with van der Waals surface area (Å²) in [6.45, 7) is 8.83. The first-order valence-electron chi connectivity index (χ1n) is 9.45. The van der Waals surface area contributed by atoms with E-state index in [1.807, 2.05) is 0 Å². The van der Waals surface area contributed by atoms with Crippen LogP contribution in [0.5, 0.6) is 0 Å². The van der Waals surface area contributed by atoms with E-state index in [1.165, 1.54) is 52.4 Å². The van der Waals surface area contributed by atoms with Crippen molar-refractivity contribution in [2.45, 2.75) is 52.4 Å². The van der Waals surface area contributed by atoms with Gasteiger partial charge in [0, 0.05) is 0 Å². The molecule has 0 aromatic heterocycles. The van der Waals surface area contributed by atoms with Gasteiger partial charge in [-0.3, -0.25) is 0 Å². The molecule has 0 aliphatic heterocycles. The first-order valence-corrected chi connectivity index (χ1v) is 9.45. The molecule has 0 amide bonds.